The fourth-order valence-electron chi connectivity index (χ4n) is 5.11. The van der Waals surface area contributed by atoms with Crippen molar-refractivity contribution in [3.63, 3.8) is 0 Å². The smallest absolute Gasteiger partial charge is 0.410 e. The van der Waals surface area contributed by atoms with Gasteiger partial charge in [0, 0.05) is 44.8 Å². The minimum atomic E-state index is -0.958. The van der Waals surface area contributed by atoms with E-state index in [1.807, 2.05) is 20.8 Å². The first kappa shape index (κ1) is 28.5. The topological polar surface area (TPSA) is 128 Å². The van der Waals surface area contributed by atoms with Gasteiger partial charge >= 0.3 is 6.09 Å². The van der Waals surface area contributed by atoms with Gasteiger partial charge in [-0.2, -0.15) is 0 Å². The number of hydrogen-bond acceptors (Lipinski definition) is 8. The van der Waals surface area contributed by atoms with Gasteiger partial charge in [-0.05, 0) is 64.8 Å². The van der Waals surface area contributed by atoms with E-state index < -0.39 is 35.3 Å². The number of imide groups is 2. The number of piperidine rings is 1. The molecular formula is C28H39N5O6. The van der Waals surface area contributed by atoms with Gasteiger partial charge in [0.25, 0.3) is 11.8 Å². The molecule has 0 spiro atoms. The van der Waals surface area contributed by atoms with Gasteiger partial charge in [-0.3, -0.25) is 34.3 Å². The SMILES string of the molecule is CC(C)(C)OC(=O)N1CCN(CCCCCCNc2ccc3c(c2)C(=O)N(C2CCC(=O)NC2=O)C3=O)CC1. The molecule has 1 aromatic carbocycles. The Morgan fingerprint density at radius 2 is 1.67 bits per heavy atom. The first-order valence-corrected chi connectivity index (χ1v) is 13.8. The highest BCUT2D eigenvalue weighted by molar-refractivity contribution is 6.23. The highest BCUT2D eigenvalue weighted by atomic mass is 16.6. The van der Waals surface area contributed by atoms with E-state index >= 15 is 0 Å². The summed E-state index contributed by atoms with van der Waals surface area (Å²) >= 11 is 0. The molecule has 3 aliphatic heterocycles. The Balaban J connectivity index is 1.13. The number of carbonyl (C=O) groups excluding carboxylic acids is 5. The maximum Gasteiger partial charge on any atom is 0.410 e. The highest BCUT2D eigenvalue weighted by Crippen LogP contribution is 2.29. The summed E-state index contributed by atoms with van der Waals surface area (Å²) in [6.45, 7) is 10.5. The van der Waals surface area contributed by atoms with E-state index in [-0.39, 0.29) is 30.1 Å². The van der Waals surface area contributed by atoms with Crippen LogP contribution in [0.5, 0.6) is 0 Å². The van der Waals surface area contributed by atoms with E-state index in [1.165, 1.54) is 0 Å². The number of benzene rings is 1. The summed E-state index contributed by atoms with van der Waals surface area (Å²) in [5.41, 5.74) is 0.838. The van der Waals surface area contributed by atoms with Gasteiger partial charge in [0.2, 0.25) is 11.8 Å². The third kappa shape index (κ3) is 7.14. The zero-order chi connectivity index (χ0) is 28.2. The second kappa shape index (κ2) is 12.1. The van der Waals surface area contributed by atoms with Crippen molar-refractivity contribution in [2.75, 3.05) is 44.6 Å². The summed E-state index contributed by atoms with van der Waals surface area (Å²) in [4.78, 5) is 66.7. The third-order valence-electron chi connectivity index (χ3n) is 7.19. The summed E-state index contributed by atoms with van der Waals surface area (Å²) in [7, 11) is 0. The predicted molar refractivity (Wildman–Crippen MR) is 144 cm³/mol. The van der Waals surface area contributed by atoms with Crippen LogP contribution in [-0.2, 0) is 14.3 Å². The van der Waals surface area contributed by atoms with Gasteiger partial charge in [-0.25, -0.2) is 4.79 Å². The molecule has 212 valence electrons. The average Bonchev–Trinajstić information content (AvgIpc) is 3.12. The molecule has 3 aliphatic rings. The molecule has 0 bridgehead atoms. The van der Waals surface area contributed by atoms with Crippen LogP contribution in [-0.4, -0.2) is 95.3 Å². The van der Waals surface area contributed by atoms with Crippen molar-refractivity contribution < 1.29 is 28.7 Å². The molecule has 4 rings (SSSR count). The lowest BCUT2D eigenvalue weighted by Gasteiger charge is -2.35. The number of amides is 5. The van der Waals surface area contributed by atoms with Crippen molar-refractivity contribution in [1.29, 1.82) is 0 Å². The molecule has 11 nitrogen and oxygen atoms in total. The van der Waals surface area contributed by atoms with E-state index in [9.17, 15) is 24.0 Å². The molecule has 0 saturated carbocycles. The molecule has 2 N–H and O–H groups in total. The van der Waals surface area contributed by atoms with Crippen LogP contribution in [0.15, 0.2) is 18.2 Å². The number of nitrogens with one attached hydrogen (secondary N) is 2. The normalized spacial score (nSPS) is 20.2. The lowest BCUT2D eigenvalue weighted by Crippen LogP contribution is -2.54. The van der Waals surface area contributed by atoms with Gasteiger partial charge in [-0.15, -0.1) is 0 Å². The molecule has 1 aromatic rings. The monoisotopic (exact) mass is 541 g/mol. The molecular weight excluding hydrogens is 502 g/mol. The van der Waals surface area contributed by atoms with Crippen molar-refractivity contribution in [3.05, 3.63) is 29.3 Å². The summed E-state index contributed by atoms with van der Waals surface area (Å²) in [5, 5.41) is 5.53. The van der Waals surface area contributed by atoms with Crippen LogP contribution < -0.4 is 10.6 Å². The molecule has 2 fully saturated rings. The van der Waals surface area contributed by atoms with Crippen LogP contribution in [0.4, 0.5) is 10.5 Å². The van der Waals surface area contributed by atoms with E-state index in [2.05, 4.69) is 15.5 Å². The van der Waals surface area contributed by atoms with Gasteiger partial charge in [0.15, 0.2) is 0 Å². The number of piperazine rings is 1. The van der Waals surface area contributed by atoms with Gasteiger partial charge in [0.1, 0.15) is 11.6 Å². The number of unbranched alkanes of at least 4 members (excludes halogenated alkanes) is 3. The Morgan fingerprint density at radius 1 is 0.974 bits per heavy atom. The molecule has 3 heterocycles. The first-order valence-electron chi connectivity index (χ1n) is 13.8. The maximum absolute atomic E-state index is 13.0. The number of hydrogen-bond donors (Lipinski definition) is 2. The van der Waals surface area contributed by atoms with E-state index in [4.69, 9.17) is 4.74 Å². The lowest BCUT2D eigenvalue weighted by molar-refractivity contribution is -0.136. The molecule has 11 heteroatoms. The fraction of sp³-hybridized carbons (Fsp3) is 0.607. The maximum atomic E-state index is 13.0. The number of nitrogens with zero attached hydrogens (tertiary/aromatic N) is 3. The Morgan fingerprint density at radius 3 is 2.36 bits per heavy atom. The van der Waals surface area contributed by atoms with Crippen LogP contribution in [0.1, 0.15) is 80.0 Å². The number of anilines is 1. The van der Waals surface area contributed by atoms with E-state index in [0.717, 1.165) is 62.4 Å². The molecule has 39 heavy (non-hydrogen) atoms. The minimum absolute atomic E-state index is 0.0986. The van der Waals surface area contributed by atoms with Crippen molar-refractivity contribution in [3.8, 4) is 0 Å². The summed E-state index contributed by atoms with van der Waals surface area (Å²) in [6.07, 6.45) is 4.24. The zero-order valence-electron chi connectivity index (χ0n) is 23.1. The van der Waals surface area contributed by atoms with E-state index in [1.54, 1.807) is 23.1 Å². The number of ether oxygens (including phenoxy) is 1. The number of carbonyl (C=O) groups is 5. The summed E-state index contributed by atoms with van der Waals surface area (Å²) in [6, 6.07) is 4.10. The molecule has 0 radical (unpaired) electrons. The zero-order valence-corrected chi connectivity index (χ0v) is 23.1. The molecule has 5 amide bonds. The van der Waals surface area contributed by atoms with E-state index in [0.29, 0.717) is 13.1 Å². The highest BCUT2D eigenvalue weighted by Gasteiger charge is 2.44. The fourth-order valence-corrected chi connectivity index (χ4v) is 5.11. The molecule has 2 saturated heterocycles. The minimum Gasteiger partial charge on any atom is -0.444 e. The molecule has 0 aliphatic carbocycles. The van der Waals surface area contributed by atoms with Crippen LogP contribution in [0.2, 0.25) is 0 Å². The third-order valence-corrected chi connectivity index (χ3v) is 7.19. The second-order valence-corrected chi connectivity index (χ2v) is 11.4. The molecule has 1 unspecified atom stereocenters. The summed E-state index contributed by atoms with van der Waals surface area (Å²) < 4.78 is 5.45. The Hall–Kier alpha value is -3.47. The first-order chi connectivity index (χ1) is 18.5. The lowest BCUT2D eigenvalue weighted by atomic mass is 10.0. The molecule has 1 atom stereocenters. The number of fused-ring (bicyclic) bond motifs is 1. The summed E-state index contributed by atoms with van der Waals surface area (Å²) in [5.74, 6) is -2.00. The van der Waals surface area contributed by atoms with Crippen LogP contribution in [0.3, 0.4) is 0 Å². The Labute approximate surface area is 229 Å². The van der Waals surface area contributed by atoms with Crippen molar-refractivity contribution in [2.24, 2.45) is 0 Å². The van der Waals surface area contributed by atoms with Crippen molar-refractivity contribution in [1.82, 2.24) is 20.0 Å². The van der Waals surface area contributed by atoms with Crippen LogP contribution >= 0.6 is 0 Å². The largest absolute Gasteiger partial charge is 0.444 e. The van der Waals surface area contributed by atoms with Gasteiger partial charge < -0.3 is 15.0 Å². The second-order valence-electron chi connectivity index (χ2n) is 11.4. The Kier molecular flexibility index (Phi) is 8.89. The van der Waals surface area contributed by atoms with Crippen LogP contribution in [0.25, 0.3) is 0 Å². The van der Waals surface area contributed by atoms with Gasteiger partial charge in [0.05, 0.1) is 11.1 Å². The predicted octanol–water partition coefficient (Wildman–Crippen LogP) is 2.61. The van der Waals surface area contributed by atoms with Crippen LogP contribution in [0, 0.1) is 0 Å². The quantitative estimate of drug-likeness (QED) is 0.361. The molecule has 0 aromatic heterocycles. The van der Waals surface area contributed by atoms with Crippen molar-refractivity contribution >= 4 is 35.4 Å². The number of rotatable bonds is 9. The average molecular weight is 542 g/mol. The van der Waals surface area contributed by atoms with Crippen molar-refractivity contribution in [2.45, 2.75) is 70.9 Å². The van der Waals surface area contributed by atoms with Gasteiger partial charge in [-0.1, -0.05) is 12.8 Å². The Bertz CT molecular complexity index is 1120. The standard InChI is InChI=1S/C28H39N5O6/c1-28(2,3)39-27(38)32-16-14-31(15-17-32)13-7-5-4-6-12-29-19-8-9-20-21(18-19)26(37)33(25(20)36)22-10-11-23(34)30-24(22)35/h8-9,18,22,29H,4-7,10-17H2,1-3H3,(H,30,34,35).